The van der Waals surface area contributed by atoms with Crippen LogP contribution in [-0.4, -0.2) is 30.9 Å². The second kappa shape index (κ2) is 7.53. The Morgan fingerprint density at radius 2 is 1.86 bits per heavy atom. The van der Waals surface area contributed by atoms with E-state index in [1.807, 2.05) is 0 Å². The Morgan fingerprint density at radius 1 is 1.07 bits per heavy atom. The highest BCUT2D eigenvalue weighted by molar-refractivity contribution is 6.30. The predicted molar refractivity (Wildman–Crippen MR) is 102 cm³/mol. The summed E-state index contributed by atoms with van der Waals surface area (Å²) in [4.78, 5) is 20.8. The van der Waals surface area contributed by atoms with Gasteiger partial charge in [-0.1, -0.05) is 28.9 Å². The van der Waals surface area contributed by atoms with Crippen molar-refractivity contribution in [2.75, 3.05) is 5.32 Å². The number of nitrogens with one attached hydrogen (secondary N) is 1. The zero-order chi connectivity index (χ0) is 19.5. The molecule has 7 nitrogen and oxygen atoms in total. The fourth-order valence-electron chi connectivity index (χ4n) is 2.62. The van der Waals surface area contributed by atoms with Gasteiger partial charge in [-0.15, -0.1) is 5.10 Å². The Morgan fingerprint density at radius 3 is 2.57 bits per heavy atom. The Balaban J connectivity index is 1.80. The Bertz CT molecular complexity index is 1130. The predicted octanol–water partition coefficient (Wildman–Crippen LogP) is 3.77. The largest absolute Gasteiger partial charge is 0.305 e. The van der Waals surface area contributed by atoms with Gasteiger partial charge in [-0.2, -0.15) is 0 Å². The van der Waals surface area contributed by atoms with E-state index >= 15 is 0 Å². The third kappa shape index (κ3) is 3.45. The summed E-state index contributed by atoms with van der Waals surface area (Å²) < 4.78 is 15.6. The number of hydrogen-bond donors (Lipinski definition) is 1. The van der Waals surface area contributed by atoms with Crippen LogP contribution in [0.15, 0.2) is 67.1 Å². The van der Waals surface area contributed by atoms with E-state index in [-0.39, 0.29) is 11.4 Å². The van der Waals surface area contributed by atoms with E-state index in [9.17, 15) is 9.18 Å². The number of carbonyl (C=O) groups excluding carboxylic acids is 1. The third-order valence-electron chi connectivity index (χ3n) is 3.89. The molecule has 3 aromatic heterocycles. The van der Waals surface area contributed by atoms with Crippen LogP contribution >= 0.6 is 11.6 Å². The van der Waals surface area contributed by atoms with Gasteiger partial charge in [0.2, 0.25) is 0 Å². The lowest BCUT2D eigenvalue weighted by molar-refractivity contribution is 0.102. The number of para-hydroxylation sites is 1. The number of nitrogens with zero attached hydrogens (tertiary/aromatic N) is 5. The molecule has 0 aliphatic rings. The van der Waals surface area contributed by atoms with Crippen molar-refractivity contribution in [3.8, 4) is 16.9 Å². The lowest BCUT2D eigenvalue weighted by Crippen LogP contribution is -2.15. The number of benzene rings is 1. The van der Waals surface area contributed by atoms with Crippen molar-refractivity contribution in [2.24, 2.45) is 0 Å². The standard InChI is InChI=1S/C19H12ClFN6O/c20-13-5-6-16(23-11-13)24-19(28)17-18(12-7-9-22-10-8-12)27(26-25-17)15-4-2-1-3-14(15)21/h1-11H,(H,23,24,28). The summed E-state index contributed by atoms with van der Waals surface area (Å²) in [5, 5.41) is 11.1. The van der Waals surface area contributed by atoms with Crippen molar-refractivity contribution < 1.29 is 9.18 Å². The van der Waals surface area contributed by atoms with Gasteiger partial charge in [-0.25, -0.2) is 14.1 Å². The smallest absolute Gasteiger partial charge is 0.279 e. The Labute approximate surface area is 163 Å². The van der Waals surface area contributed by atoms with Gasteiger partial charge in [-0.05, 0) is 36.4 Å². The first kappa shape index (κ1) is 17.7. The van der Waals surface area contributed by atoms with Crippen LogP contribution in [0.2, 0.25) is 5.02 Å². The molecule has 1 aromatic carbocycles. The molecule has 9 heteroatoms. The SMILES string of the molecule is O=C(Nc1ccc(Cl)cn1)c1nnn(-c2ccccc2F)c1-c1ccncc1. The average Bonchev–Trinajstić information content (AvgIpc) is 3.16. The van der Waals surface area contributed by atoms with Crippen LogP contribution < -0.4 is 5.32 Å². The quantitative estimate of drug-likeness (QED) is 0.569. The number of aromatic nitrogens is 5. The van der Waals surface area contributed by atoms with E-state index in [1.165, 1.54) is 16.9 Å². The topological polar surface area (TPSA) is 85.6 Å². The number of anilines is 1. The molecular formula is C19H12ClFN6O. The van der Waals surface area contributed by atoms with Gasteiger partial charge in [-0.3, -0.25) is 9.78 Å². The Kier molecular flexibility index (Phi) is 4.77. The molecule has 0 saturated carbocycles. The van der Waals surface area contributed by atoms with Crippen molar-refractivity contribution in [1.82, 2.24) is 25.0 Å². The summed E-state index contributed by atoms with van der Waals surface area (Å²) in [6.45, 7) is 0. The molecule has 0 saturated heterocycles. The van der Waals surface area contributed by atoms with E-state index in [0.29, 0.717) is 22.1 Å². The molecule has 138 valence electrons. The summed E-state index contributed by atoms with van der Waals surface area (Å²) in [6, 6.07) is 12.6. The molecule has 1 amide bonds. The number of halogens is 2. The monoisotopic (exact) mass is 394 g/mol. The number of pyridine rings is 2. The molecule has 0 aliphatic heterocycles. The molecule has 0 bridgehead atoms. The fraction of sp³-hybridized carbons (Fsp3) is 0. The molecule has 0 atom stereocenters. The van der Waals surface area contributed by atoms with Crippen LogP contribution in [0, 0.1) is 5.82 Å². The summed E-state index contributed by atoms with van der Waals surface area (Å²) in [5.74, 6) is -0.728. The van der Waals surface area contributed by atoms with Gasteiger partial charge in [0.25, 0.3) is 5.91 Å². The lowest BCUT2D eigenvalue weighted by atomic mass is 10.1. The molecular weight excluding hydrogens is 383 g/mol. The highest BCUT2D eigenvalue weighted by atomic mass is 35.5. The minimum atomic E-state index is -0.538. The van der Waals surface area contributed by atoms with Gasteiger partial charge in [0.05, 0.1) is 5.02 Å². The van der Waals surface area contributed by atoms with Crippen LogP contribution in [0.4, 0.5) is 10.2 Å². The molecule has 0 spiro atoms. The van der Waals surface area contributed by atoms with Crippen molar-refractivity contribution in [2.45, 2.75) is 0 Å². The molecule has 4 aromatic rings. The van der Waals surface area contributed by atoms with E-state index in [0.717, 1.165) is 0 Å². The first-order valence-electron chi connectivity index (χ1n) is 8.17. The van der Waals surface area contributed by atoms with Crippen molar-refractivity contribution in [3.63, 3.8) is 0 Å². The number of rotatable bonds is 4. The minimum Gasteiger partial charge on any atom is -0.305 e. The zero-order valence-electron chi connectivity index (χ0n) is 14.3. The van der Waals surface area contributed by atoms with Crippen LogP contribution in [0.1, 0.15) is 10.5 Å². The van der Waals surface area contributed by atoms with E-state index in [4.69, 9.17) is 11.6 Å². The molecule has 1 N–H and O–H groups in total. The van der Waals surface area contributed by atoms with Gasteiger partial charge in [0.1, 0.15) is 23.0 Å². The maximum absolute atomic E-state index is 14.3. The van der Waals surface area contributed by atoms with Gasteiger partial charge in [0.15, 0.2) is 5.69 Å². The third-order valence-corrected chi connectivity index (χ3v) is 4.11. The van der Waals surface area contributed by atoms with Crippen LogP contribution in [0.25, 0.3) is 16.9 Å². The number of hydrogen-bond acceptors (Lipinski definition) is 5. The molecule has 28 heavy (non-hydrogen) atoms. The normalized spacial score (nSPS) is 10.6. The summed E-state index contributed by atoms with van der Waals surface area (Å²) in [6.07, 6.45) is 4.55. The fourth-order valence-corrected chi connectivity index (χ4v) is 2.73. The van der Waals surface area contributed by atoms with Crippen LogP contribution in [-0.2, 0) is 0 Å². The van der Waals surface area contributed by atoms with E-state index < -0.39 is 11.7 Å². The Hall–Kier alpha value is -3.65. The lowest BCUT2D eigenvalue weighted by Gasteiger charge is -2.09. The van der Waals surface area contributed by atoms with E-state index in [2.05, 4.69) is 25.6 Å². The second-order valence-corrected chi connectivity index (χ2v) is 6.14. The first-order chi connectivity index (χ1) is 13.6. The van der Waals surface area contributed by atoms with E-state index in [1.54, 1.807) is 54.9 Å². The molecule has 3 heterocycles. The van der Waals surface area contributed by atoms with Gasteiger partial charge < -0.3 is 5.32 Å². The number of amides is 1. The maximum atomic E-state index is 14.3. The highest BCUT2D eigenvalue weighted by Gasteiger charge is 2.23. The van der Waals surface area contributed by atoms with Crippen LogP contribution in [0.3, 0.4) is 0 Å². The van der Waals surface area contributed by atoms with Crippen molar-refractivity contribution in [3.05, 3.63) is 83.7 Å². The summed E-state index contributed by atoms with van der Waals surface area (Å²) in [5.41, 5.74) is 1.13. The summed E-state index contributed by atoms with van der Waals surface area (Å²) in [7, 11) is 0. The maximum Gasteiger partial charge on any atom is 0.279 e. The highest BCUT2D eigenvalue weighted by Crippen LogP contribution is 2.26. The average molecular weight is 395 g/mol. The molecule has 0 radical (unpaired) electrons. The second-order valence-electron chi connectivity index (χ2n) is 5.70. The zero-order valence-corrected chi connectivity index (χ0v) is 15.0. The van der Waals surface area contributed by atoms with Gasteiger partial charge in [0, 0.05) is 24.2 Å². The molecule has 4 rings (SSSR count). The number of carbonyl (C=O) groups is 1. The molecule has 0 aliphatic carbocycles. The van der Waals surface area contributed by atoms with Crippen molar-refractivity contribution in [1.29, 1.82) is 0 Å². The minimum absolute atomic E-state index is 0.0196. The summed E-state index contributed by atoms with van der Waals surface area (Å²) >= 11 is 5.81. The van der Waals surface area contributed by atoms with Gasteiger partial charge >= 0.3 is 0 Å². The van der Waals surface area contributed by atoms with Crippen molar-refractivity contribution >= 4 is 23.3 Å². The van der Waals surface area contributed by atoms with Crippen LogP contribution in [0.5, 0.6) is 0 Å². The molecule has 0 fully saturated rings. The first-order valence-corrected chi connectivity index (χ1v) is 8.55. The molecule has 0 unspecified atom stereocenters.